The number of Topliss-reactive ketones (excluding diaryl/α,β-unsaturated/α-hetero) is 1. The minimum atomic E-state index is 0.0278. The molecule has 3 aromatic carbocycles. The van der Waals surface area contributed by atoms with Gasteiger partial charge < -0.3 is 4.98 Å². The molecular weight excluding hydrogens is 318 g/mol. The SMILES string of the molecule is CC(=O)CC(c1ccccc1)c1c(-c2ccccc2)[nH]c2ccccc12. The van der Waals surface area contributed by atoms with Gasteiger partial charge in [-0.05, 0) is 29.7 Å². The number of H-pyrrole nitrogens is 1. The molecule has 1 heterocycles. The van der Waals surface area contributed by atoms with Gasteiger partial charge in [0.1, 0.15) is 5.78 Å². The van der Waals surface area contributed by atoms with Crippen LogP contribution in [0.15, 0.2) is 84.9 Å². The first-order chi connectivity index (χ1) is 12.7. The van der Waals surface area contributed by atoms with Gasteiger partial charge in [-0.2, -0.15) is 0 Å². The van der Waals surface area contributed by atoms with E-state index in [2.05, 4.69) is 47.4 Å². The lowest BCUT2D eigenvalue weighted by molar-refractivity contribution is -0.117. The number of aromatic nitrogens is 1. The van der Waals surface area contributed by atoms with Crippen LogP contribution in [0, 0.1) is 0 Å². The fourth-order valence-electron chi connectivity index (χ4n) is 3.72. The Kier molecular flexibility index (Phi) is 4.40. The van der Waals surface area contributed by atoms with E-state index in [4.69, 9.17) is 0 Å². The van der Waals surface area contributed by atoms with E-state index >= 15 is 0 Å². The molecule has 0 saturated heterocycles. The zero-order chi connectivity index (χ0) is 17.9. The third-order valence-corrected chi connectivity index (χ3v) is 4.85. The summed E-state index contributed by atoms with van der Waals surface area (Å²) in [5, 5.41) is 1.18. The lowest BCUT2D eigenvalue weighted by Gasteiger charge is -2.18. The van der Waals surface area contributed by atoms with E-state index in [0.717, 1.165) is 16.8 Å². The van der Waals surface area contributed by atoms with Crippen molar-refractivity contribution in [3.8, 4) is 11.3 Å². The minimum Gasteiger partial charge on any atom is -0.354 e. The van der Waals surface area contributed by atoms with E-state index in [1.54, 1.807) is 6.92 Å². The van der Waals surface area contributed by atoms with Gasteiger partial charge in [-0.1, -0.05) is 78.9 Å². The van der Waals surface area contributed by atoms with Crippen LogP contribution in [0.4, 0.5) is 0 Å². The molecule has 0 amide bonds. The Labute approximate surface area is 153 Å². The Hall–Kier alpha value is -3.13. The molecule has 2 nitrogen and oxygen atoms in total. The lowest BCUT2D eigenvalue weighted by Crippen LogP contribution is -2.07. The van der Waals surface area contributed by atoms with Crippen LogP contribution in [0.25, 0.3) is 22.2 Å². The van der Waals surface area contributed by atoms with Crippen molar-refractivity contribution in [2.75, 3.05) is 0 Å². The van der Waals surface area contributed by atoms with Crippen molar-refractivity contribution >= 4 is 16.7 Å². The van der Waals surface area contributed by atoms with Crippen molar-refractivity contribution in [2.45, 2.75) is 19.3 Å². The lowest BCUT2D eigenvalue weighted by atomic mass is 9.84. The third-order valence-electron chi connectivity index (χ3n) is 4.85. The first-order valence-electron chi connectivity index (χ1n) is 8.94. The third kappa shape index (κ3) is 3.06. The highest BCUT2D eigenvalue weighted by atomic mass is 16.1. The minimum absolute atomic E-state index is 0.0278. The maximum atomic E-state index is 12.1. The highest BCUT2D eigenvalue weighted by molar-refractivity contribution is 5.93. The number of para-hydroxylation sites is 1. The molecule has 0 fully saturated rings. The summed E-state index contributed by atoms with van der Waals surface area (Å²) in [4.78, 5) is 15.7. The molecule has 1 N–H and O–H groups in total. The van der Waals surface area contributed by atoms with Gasteiger partial charge in [-0.25, -0.2) is 0 Å². The first-order valence-corrected chi connectivity index (χ1v) is 8.94. The maximum absolute atomic E-state index is 12.1. The molecule has 0 saturated carbocycles. The molecule has 0 bridgehead atoms. The molecule has 0 aliphatic heterocycles. The largest absolute Gasteiger partial charge is 0.354 e. The van der Waals surface area contributed by atoms with Crippen molar-refractivity contribution in [1.29, 1.82) is 0 Å². The summed E-state index contributed by atoms with van der Waals surface area (Å²) in [5.41, 5.74) is 5.72. The van der Waals surface area contributed by atoms with Crippen LogP contribution in [0.2, 0.25) is 0 Å². The second-order valence-corrected chi connectivity index (χ2v) is 6.69. The summed E-state index contributed by atoms with van der Waals surface area (Å²) in [7, 11) is 0. The van der Waals surface area contributed by atoms with E-state index in [1.165, 1.54) is 16.5 Å². The molecule has 0 aliphatic carbocycles. The summed E-state index contributed by atoms with van der Waals surface area (Å²) >= 11 is 0. The fraction of sp³-hybridized carbons (Fsp3) is 0.125. The molecule has 4 aromatic rings. The highest BCUT2D eigenvalue weighted by Gasteiger charge is 2.24. The standard InChI is InChI=1S/C24H21NO/c1-17(26)16-21(18-10-4-2-5-11-18)23-20-14-8-9-15-22(20)25-24(23)19-12-6-3-7-13-19/h2-15,21,25H,16H2,1H3. The van der Waals surface area contributed by atoms with Gasteiger partial charge in [-0.3, -0.25) is 4.79 Å². The highest BCUT2D eigenvalue weighted by Crippen LogP contribution is 2.40. The summed E-state index contributed by atoms with van der Waals surface area (Å²) in [6.07, 6.45) is 0.492. The average Bonchev–Trinajstić information content (AvgIpc) is 3.07. The number of hydrogen-bond donors (Lipinski definition) is 1. The van der Waals surface area contributed by atoms with Crippen molar-refractivity contribution in [3.63, 3.8) is 0 Å². The topological polar surface area (TPSA) is 32.9 Å². The predicted octanol–water partition coefficient (Wildman–Crippen LogP) is 5.95. The number of fused-ring (bicyclic) bond motifs is 1. The van der Waals surface area contributed by atoms with Crippen molar-refractivity contribution in [1.82, 2.24) is 4.98 Å². The van der Waals surface area contributed by atoms with Gasteiger partial charge in [0.05, 0.1) is 5.69 Å². The molecule has 1 atom stereocenters. The van der Waals surface area contributed by atoms with Crippen LogP contribution >= 0.6 is 0 Å². The van der Waals surface area contributed by atoms with Crippen molar-refractivity contribution < 1.29 is 4.79 Å². The van der Waals surface area contributed by atoms with E-state index in [9.17, 15) is 4.79 Å². The Morgan fingerprint density at radius 3 is 2.15 bits per heavy atom. The molecule has 0 spiro atoms. The van der Waals surface area contributed by atoms with Crippen molar-refractivity contribution in [2.24, 2.45) is 0 Å². The summed E-state index contributed by atoms with van der Waals surface area (Å²) in [5.74, 6) is 0.225. The van der Waals surface area contributed by atoms with E-state index in [-0.39, 0.29) is 11.7 Å². The van der Waals surface area contributed by atoms with Crippen molar-refractivity contribution in [3.05, 3.63) is 96.1 Å². The zero-order valence-electron chi connectivity index (χ0n) is 14.8. The quantitative estimate of drug-likeness (QED) is 0.479. The number of carbonyl (C=O) groups excluding carboxylic acids is 1. The van der Waals surface area contributed by atoms with Crippen LogP contribution in [-0.4, -0.2) is 10.8 Å². The molecule has 2 heteroatoms. The Morgan fingerprint density at radius 2 is 1.46 bits per heavy atom. The van der Waals surface area contributed by atoms with E-state index in [0.29, 0.717) is 6.42 Å². The van der Waals surface area contributed by atoms with Crippen LogP contribution < -0.4 is 0 Å². The Balaban J connectivity index is 1.99. The molecule has 4 rings (SSSR count). The summed E-state index contributed by atoms with van der Waals surface area (Å²) in [6, 6.07) is 29.0. The molecule has 0 radical (unpaired) electrons. The van der Waals surface area contributed by atoms with Gasteiger partial charge in [0.25, 0.3) is 0 Å². The number of ketones is 1. The number of rotatable bonds is 5. The Morgan fingerprint density at radius 1 is 0.846 bits per heavy atom. The second kappa shape index (κ2) is 7.01. The van der Waals surface area contributed by atoms with Gasteiger partial charge in [-0.15, -0.1) is 0 Å². The molecule has 0 aliphatic rings. The van der Waals surface area contributed by atoms with Gasteiger partial charge in [0.15, 0.2) is 0 Å². The molecular formula is C24H21NO. The molecule has 1 aromatic heterocycles. The van der Waals surface area contributed by atoms with Crippen LogP contribution in [0.5, 0.6) is 0 Å². The monoisotopic (exact) mass is 339 g/mol. The van der Waals surface area contributed by atoms with Crippen LogP contribution in [0.3, 0.4) is 0 Å². The number of aromatic amines is 1. The second-order valence-electron chi connectivity index (χ2n) is 6.69. The molecule has 26 heavy (non-hydrogen) atoms. The smallest absolute Gasteiger partial charge is 0.130 e. The summed E-state index contributed by atoms with van der Waals surface area (Å²) in [6.45, 7) is 1.67. The summed E-state index contributed by atoms with van der Waals surface area (Å²) < 4.78 is 0. The average molecular weight is 339 g/mol. The fourth-order valence-corrected chi connectivity index (χ4v) is 3.72. The first kappa shape index (κ1) is 16.3. The number of carbonyl (C=O) groups is 1. The normalized spacial score (nSPS) is 12.2. The number of nitrogens with one attached hydrogen (secondary N) is 1. The zero-order valence-corrected chi connectivity index (χ0v) is 14.8. The van der Waals surface area contributed by atoms with Gasteiger partial charge >= 0.3 is 0 Å². The maximum Gasteiger partial charge on any atom is 0.130 e. The van der Waals surface area contributed by atoms with Crippen LogP contribution in [-0.2, 0) is 4.79 Å². The molecule has 128 valence electrons. The van der Waals surface area contributed by atoms with E-state index in [1.807, 2.05) is 42.5 Å². The van der Waals surface area contributed by atoms with Crippen LogP contribution in [0.1, 0.15) is 30.4 Å². The predicted molar refractivity (Wildman–Crippen MR) is 107 cm³/mol. The van der Waals surface area contributed by atoms with Gasteiger partial charge in [0.2, 0.25) is 0 Å². The number of hydrogen-bond acceptors (Lipinski definition) is 1. The number of benzene rings is 3. The van der Waals surface area contributed by atoms with Gasteiger partial charge in [0, 0.05) is 23.2 Å². The molecule has 1 unspecified atom stereocenters. The Bertz CT molecular complexity index is 1030. The van der Waals surface area contributed by atoms with E-state index < -0.39 is 0 Å².